The van der Waals surface area contributed by atoms with Gasteiger partial charge in [-0.3, -0.25) is 0 Å². The molecule has 0 fully saturated rings. The number of para-hydroxylation sites is 1. The molecule has 2 rings (SSSR count). The van der Waals surface area contributed by atoms with Gasteiger partial charge >= 0.3 is 5.63 Å². The molecule has 1 aromatic heterocycles. The topological polar surface area (TPSA) is 79.9 Å². The largest absolute Gasteiger partial charge is 0.504 e. The molecular weight excluding hydrogens is 224 g/mol. The Kier molecular flexibility index (Phi) is 2.67. The van der Waals surface area contributed by atoms with Crippen LogP contribution in [0.5, 0.6) is 17.2 Å². The average molecular weight is 236 g/mol. The van der Waals surface area contributed by atoms with E-state index >= 15 is 0 Å². The van der Waals surface area contributed by atoms with Crippen molar-refractivity contribution in [2.45, 2.75) is 20.0 Å². The number of phenols is 1. The van der Waals surface area contributed by atoms with Gasteiger partial charge in [0, 0.05) is 0 Å². The molecular formula is C12H12O5. The molecule has 0 saturated carbocycles. The van der Waals surface area contributed by atoms with Gasteiger partial charge in [-0.1, -0.05) is 6.07 Å². The molecule has 0 saturated heterocycles. The summed E-state index contributed by atoms with van der Waals surface area (Å²) in [7, 11) is 0. The van der Waals surface area contributed by atoms with Crippen molar-refractivity contribution in [2.24, 2.45) is 0 Å². The zero-order chi connectivity index (χ0) is 12.6. The second-order valence-corrected chi connectivity index (χ2v) is 3.89. The van der Waals surface area contributed by atoms with E-state index in [1.165, 1.54) is 18.2 Å². The Morgan fingerprint density at radius 1 is 1.29 bits per heavy atom. The van der Waals surface area contributed by atoms with E-state index in [4.69, 9.17) is 9.15 Å². The lowest BCUT2D eigenvalue weighted by Gasteiger charge is -2.11. The summed E-state index contributed by atoms with van der Waals surface area (Å²) in [4.78, 5) is 11.6. The highest BCUT2D eigenvalue weighted by Gasteiger charge is 2.17. The quantitative estimate of drug-likeness (QED) is 0.779. The van der Waals surface area contributed by atoms with Gasteiger partial charge in [-0.15, -0.1) is 0 Å². The van der Waals surface area contributed by atoms with E-state index in [2.05, 4.69) is 0 Å². The third-order valence-electron chi connectivity index (χ3n) is 2.20. The summed E-state index contributed by atoms with van der Waals surface area (Å²) in [6, 6.07) is 4.44. The molecule has 0 aliphatic heterocycles. The first-order valence-electron chi connectivity index (χ1n) is 5.15. The van der Waals surface area contributed by atoms with Gasteiger partial charge in [0.15, 0.2) is 17.1 Å². The Bertz CT molecular complexity index is 612. The van der Waals surface area contributed by atoms with Gasteiger partial charge in [0.05, 0.1) is 11.5 Å². The van der Waals surface area contributed by atoms with Crippen LogP contribution in [0.25, 0.3) is 11.0 Å². The molecule has 5 nitrogen and oxygen atoms in total. The molecule has 5 heteroatoms. The van der Waals surface area contributed by atoms with Crippen LogP contribution in [0, 0.1) is 0 Å². The maximum Gasteiger partial charge on any atom is 0.383 e. The van der Waals surface area contributed by atoms with Crippen LogP contribution in [-0.4, -0.2) is 16.3 Å². The predicted octanol–water partition coefficient (Wildman–Crippen LogP) is 1.99. The van der Waals surface area contributed by atoms with E-state index in [0.29, 0.717) is 0 Å². The fourth-order valence-corrected chi connectivity index (χ4v) is 1.52. The molecule has 1 aromatic carbocycles. The lowest BCUT2D eigenvalue weighted by Crippen LogP contribution is -2.13. The van der Waals surface area contributed by atoms with Crippen molar-refractivity contribution < 1.29 is 19.4 Å². The van der Waals surface area contributed by atoms with Gasteiger partial charge < -0.3 is 19.4 Å². The highest BCUT2D eigenvalue weighted by Crippen LogP contribution is 2.35. The first-order valence-corrected chi connectivity index (χ1v) is 5.15. The van der Waals surface area contributed by atoms with Crippen molar-refractivity contribution in [3.63, 3.8) is 0 Å². The van der Waals surface area contributed by atoms with Crippen LogP contribution < -0.4 is 10.4 Å². The van der Waals surface area contributed by atoms with Crippen molar-refractivity contribution in [1.29, 1.82) is 0 Å². The number of aromatic hydroxyl groups is 2. The minimum Gasteiger partial charge on any atom is -0.504 e. The van der Waals surface area contributed by atoms with Gasteiger partial charge in [-0.05, 0) is 26.0 Å². The molecule has 0 bridgehead atoms. The second kappa shape index (κ2) is 4.01. The summed E-state index contributed by atoms with van der Waals surface area (Å²) < 4.78 is 10.1. The molecule has 0 aliphatic rings. The van der Waals surface area contributed by atoms with Crippen molar-refractivity contribution >= 4 is 11.0 Å². The Morgan fingerprint density at radius 3 is 2.65 bits per heavy atom. The van der Waals surface area contributed by atoms with E-state index in [9.17, 15) is 15.0 Å². The minimum atomic E-state index is -0.815. The van der Waals surface area contributed by atoms with Crippen LogP contribution >= 0.6 is 0 Å². The Balaban J connectivity index is 2.77. The van der Waals surface area contributed by atoms with Crippen LogP contribution in [0.2, 0.25) is 0 Å². The van der Waals surface area contributed by atoms with Crippen LogP contribution in [-0.2, 0) is 0 Å². The monoisotopic (exact) mass is 236 g/mol. The first-order chi connectivity index (χ1) is 8.00. The normalized spacial score (nSPS) is 11.0. The van der Waals surface area contributed by atoms with Crippen molar-refractivity contribution in [2.75, 3.05) is 0 Å². The van der Waals surface area contributed by atoms with Crippen molar-refractivity contribution in [3.8, 4) is 17.2 Å². The Labute approximate surface area is 96.9 Å². The van der Waals surface area contributed by atoms with Crippen molar-refractivity contribution in [3.05, 3.63) is 28.6 Å². The minimum absolute atomic E-state index is 0.0499. The number of ether oxygens (including phenoxy) is 1. The second-order valence-electron chi connectivity index (χ2n) is 3.89. The highest BCUT2D eigenvalue weighted by molar-refractivity contribution is 5.89. The molecule has 90 valence electrons. The molecule has 0 radical (unpaired) electrons. The lowest BCUT2D eigenvalue weighted by molar-refractivity contribution is 0.221. The molecule has 0 aliphatic carbocycles. The Morgan fingerprint density at radius 2 is 2.00 bits per heavy atom. The number of hydrogen-bond donors (Lipinski definition) is 2. The summed E-state index contributed by atoms with van der Waals surface area (Å²) in [6.07, 6.45) is -0.265. The smallest absolute Gasteiger partial charge is 0.383 e. The van der Waals surface area contributed by atoms with E-state index in [-0.39, 0.29) is 34.3 Å². The molecule has 0 atom stereocenters. The van der Waals surface area contributed by atoms with Crippen LogP contribution in [0.15, 0.2) is 27.4 Å². The summed E-state index contributed by atoms with van der Waals surface area (Å²) in [5, 5.41) is 19.7. The fourth-order valence-electron chi connectivity index (χ4n) is 1.52. The van der Waals surface area contributed by atoms with Crippen LogP contribution in [0.3, 0.4) is 0 Å². The van der Waals surface area contributed by atoms with Gasteiger partial charge in [-0.2, -0.15) is 0 Å². The SMILES string of the molecule is CC(C)Oc1c(O)c2cccc(O)c2oc1=O. The fraction of sp³-hybridized carbons (Fsp3) is 0.250. The maximum absolute atomic E-state index is 11.6. The average Bonchev–Trinajstić information content (AvgIpc) is 2.26. The molecule has 17 heavy (non-hydrogen) atoms. The standard InChI is InChI=1S/C12H12O5/c1-6(2)16-11-9(14)7-4-3-5-8(13)10(7)17-12(11)15/h3-6,13-14H,1-2H3. The third-order valence-corrected chi connectivity index (χ3v) is 2.20. The summed E-state index contributed by atoms with van der Waals surface area (Å²) in [5.41, 5.74) is -0.865. The van der Waals surface area contributed by atoms with Crippen LogP contribution in [0.4, 0.5) is 0 Å². The maximum atomic E-state index is 11.6. The van der Waals surface area contributed by atoms with Gasteiger partial charge in [0.1, 0.15) is 0 Å². The van der Waals surface area contributed by atoms with Gasteiger partial charge in [0.2, 0.25) is 5.75 Å². The number of hydrogen-bond acceptors (Lipinski definition) is 5. The predicted molar refractivity (Wildman–Crippen MR) is 61.6 cm³/mol. The number of phenolic OH excluding ortho intramolecular Hbond substituents is 1. The molecule has 0 spiro atoms. The zero-order valence-electron chi connectivity index (χ0n) is 9.43. The summed E-state index contributed by atoms with van der Waals surface area (Å²) >= 11 is 0. The van der Waals surface area contributed by atoms with Crippen molar-refractivity contribution in [1.82, 2.24) is 0 Å². The highest BCUT2D eigenvalue weighted by atomic mass is 16.5. The number of rotatable bonds is 2. The first kappa shape index (κ1) is 11.3. The molecule has 1 heterocycles. The lowest BCUT2D eigenvalue weighted by atomic mass is 10.2. The summed E-state index contributed by atoms with van der Waals surface area (Å²) in [5.74, 6) is -0.759. The summed E-state index contributed by atoms with van der Waals surface area (Å²) in [6.45, 7) is 3.46. The number of fused-ring (bicyclic) bond motifs is 1. The van der Waals surface area contributed by atoms with E-state index in [0.717, 1.165) is 0 Å². The van der Waals surface area contributed by atoms with E-state index in [1.54, 1.807) is 13.8 Å². The molecule has 2 aromatic rings. The molecule has 2 N–H and O–H groups in total. The van der Waals surface area contributed by atoms with Gasteiger partial charge in [-0.25, -0.2) is 4.79 Å². The number of benzene rings is 1. The molecule has 0 unspecified atom stereocenters. The van der Waals surface area contributed by atoms with E-state index < -0.39 is 5.63 Å². The van der Waals surface area contributed by atoms with E-state index in [1.807, 2.05) is 0 Å². The Hall–Kier alpha value is -2.17. The molecule has 0 amide bonds. The zero-order valence-corrected chi connectivity index (χ0v) is 9.43. The third kappa shape index (κ3) is 1.91. The van der Waals surface area contributed by atoms with Crippen LogP contribution in [0.1, 0.15) is 13.8 Å². The van der Waals surface area contributed by atoms with Gasteiger partial charge in [0.25, 0.3) is 0 Å².